The minimum absolute atomic E-state index is 0.263. The van der Waals surface area contributed by atoms with Gasteiger partial charge in [-0.3, -0.25) is 9.89 Å². The van der Waals surface area contributed by atoms with Crippen LogP contribution in [0.1, 0.15) is 59.6 Å². The summed E-state index contributed by atoms with van der Waals surface area (Å²) in [4.78, 5) is 15.2. The summed E-state index contributed by atoms with van der Waals surface area (Å²) in [5.41, 5.74) is 3.70. The van der Waals surface area contributed by atoms with Crippen LogP contribution in [0.25, 0.3) is 5.70 Å². The molecule has 1 heterocycles. The van der Waals surface area contributed by atoms with Crippen LogP contribution in [0.15, 0.2) is 70.8 Å². The van der Waals surface area contributed by atoms with E-state index < -0.39 is 6.36 Å². The second kappa shape index (κ2) is 18.0. The number of hydrogen-bond donors (Lipinski definition) is 1. The Kier molecular flexibility index (Phi) is 15.6. The number of aromatic nitrogens is 1. The molecule has 0 saturated carbocycles. The van der Waals surface area contributed by atoms with Crippen LogP contribution in [0.2, 0.25) is 0 Å². The van der Waals surface area contributed by atoms with Crippen molar-refractivity contribution in [1.29, 1.82) is 0 Å². The number of nitrogens with one attached hydrogen (secondary N) is 1. The lowest BCUT2D eigenvalue weighted by Crippen LogP contribution is -2.40. The zero-order chi connectivity index (χ0) is 31.9. The summed E-state index contributed by atoms with van der Waals surface area (Å²) in [6.07, 6.45) is 0.0688. The Balaban J connectivity index is 0.000000437. The third-order valence-electron chi connectivity index (χ3n) is 5.97. The molecule has 0 unspecified atom stereocenters. The number of alkyl halides is 3. The van der Waals surface area contributed by atoms with Crippen LogP contribution >= 0.6 is 0 Å². The van der Waals surface area contributed by atoms with Gasteiger partial charge in [0, 0.05) is 38.4 Å². The van der Waals surface area contributed by atoms with Crippen molar-refractivity contribution in [3.05, 3.63) is 72.0 Å². The van der Waals surface area contributed by atoms with E-state index in [1.54, 1.807) is 13.1 Å². The molecule has 232 valence electrons. The van der Waals surface area contributed by atoms with Crippen molar-refractivity contribution in [1.82, 2.24) is 9.88 Å². The molecule has 0 atom stereocenters. The Hall–Kier alpha value is -3.66. The second-order valence-electron chi connectivity index (χ2n) is 10.2. The molecule has 0 amide bonds. The van der Waals surface area contributed by atoms with Crippen molar-refractivity contribution < 1.29 is 22.6 Å². The van der Waals surface area contributed by atoms with E-state index >= 15 is 0 Å². The number of allylic oxidation sites excluding steroid dienone is 1. The normalized spacial score (nSPS) is 12.2. The number of hydrogen-bond acceptors (Lipinski definition) is 7. The van der Waals surface area contributed by atoms with Gasteiger partial charge in [-0.05, 0) is 95.5 Å². The maximum Gasteiger partial charge on any atom is 0.573 e. The molecule has 0 bridgehead atoms. The SMILES string of the molecule is C=C(N=C(OC)C(C=C(C)C)=NC)c1ccc(OC(F)(F)F)cc1.CCc1ccc(NCCN(C(C)C)C(C)C)nc1. The van der Waals surface area contributed by atoms with E-state index in [-0.39, 0.29) is 11.6 Å². The predicted octanol–water partition coefficient (Wildman–Crippen LogP) is 7.81. The number of benzene rings is 1. The molecular formula is C32H46F3N5O2. The minimum Gasteiger partial charge on any atom is -0.479 e. The summed E-state index contributed by atoms with van der Waals surface area (Å²) in [6.45, 7) is 20.7. The van der Waals surface area contributed by atoms with Crippen molar-refractivity contribution in [2.24, 2.45) is 9.98 Å². The number of rotatable bonds is 12. The topological polar surface area (TPSA) is 71.3 Å². The molecule has 0 aliphatic heterocycles. The van der Waals surface area contributed by atoms with Gasteiger partial charge in [0.25, 0.3) is 0 Å². The van der Waals surface area contributed by atoms with Gasteiger partial charge < -0.3 is 14.8 Å². The number of methoxy groups -OCH3 is 1. The van der Waals surface area contributed by atoms with Gasteiger partial charge >= 0.3 is 6.36 Å². The van der Waals surface area contributed by atoms with Crippen molar-refractivity contribution in [2.75, 3.05) is 32.6 Å². The van der Waals surface area contributed by atoms with Gasteiger partial charge in [0.15, 0.2) is 0 Å². The molecule has 0 radical (unpaired) electrons. The maximum atomic E-state index is 12.2. The fraction of sp³-hybridized carbons (Fsp3) is 0.469. The first-order chi connectivity index (χ1) is 19.7. The van der Waals surface area contributed by atoms with E-state index in [9.17, 15) is 13.2 Å². The molecule has 0 aliphatic carbocycles. The molecule has 2 aromatic rings. The molecule has 7 nitrogen and oxygen atoms in total. The Bertz CT molecular complexity index is 1170. The van der Waals surface area contributed by atoms with Crippen LogP contribution in [0.3, 0.4) is 0 Å². The molecule has 1 aromatic carbocycles. The number of aliphatic imine (C=N–C) groups is 2. The highest BCUT2D eigenvalue weighted by atomic mass is 19.4. The van der Waals surface area contributed by atoms with Crippen LogP contribution in [0, 0.1) is 0 Å². The Morgan fingerprint density at radius 3 is 2.12 bits per heavy atom. The van der Waals surface area contributed by atoms with Gasteiger partial charge in [-0.2, -0.15) is 0 Å². The molecule has 0 saturated heterocycles. The number of aryl methyl sites for hydroxylation is 1. The standard InChI is InChI=1S/C17H19F3N2O2.C15H27N3/c1-11(2)10-15(21-4)16(23-5)22-12(3)13-6-8-14(9-7-13)24-17(18,19)20;1-6-14-7-8-15(17-11-14)16-9-10-18(12(2)3)13(4)5/h6-10H,3H2,1-2,4-5H3;7-8,11-13H,6,9-10H2,1-5H3,(H,16,17). The van der Waals surface area contributed by atoms with Crippen LogP contribution in [0.4, 0.5) is 19.0 Å². The molecule has 0 spiro atoms. The van der Waals surface area contributed by atoms with Gasteiger partial charge in [0.2, 0.25) is 5.90 Å². The first kappa shape index (κ1) is 36.4. The van der Waals surface area contributed by atoms with Crippen LogP contribution in [-0.4, -0.2) is 67.2 Å². The fourth-order valence-electron chi connectivity index (χ4n) is 3.90. The summed E-state index contributed by atoms with van der Waals surface area (Å²) >= 11 is 0. The van der Waals surface area contributed by atoms with Crippen LogP contribution in [0.5, 0.6) is 5.75 Å². The number of ether oxygens (including phenoxy) is 2. The Morgan fingerprint density at radius 2 is 1.69 bits per heavy atom. The summed E-state index contributed by atoms with van der Waals surface area (Å²) in [7, 11) is 3.06. The van der Waals surface area contributed by atoms with Crippen molar-refractivity contribution in [3.63, 3.8) is 0 Å². The molecule has 0 fully saturated rings. The molecule has 2 rings (SSSR count). The van der Waals surface area contributed by atoms with Crippen molar-refractivity contribution in [3.8, 4) is 5.75 Å². The van der Waals surface area contributed by atoms with Crippen molar-refractivity contribution >= 4 is 23.1 Å². The molecule has 10 heteroatoms. The molecule has 0 aliphatic rings. The highest BCUT2D eigenvalue weighted by Gasteiger charge is 2.31. The molecular weight excluding hydrogens is 543 g/mol. The van der Waals surface area contributed by atoms with E-state index in [0.29, 0.717) is 29.1 Å². The zero-order valence-electron chi connectivity index (χ0n) is 26.3. The first-order valence-electron chi connectivity index (χ1n) is 13.9. The third kappa shape index (κ3) is 13.8. The largest absolute Gasteiger partial charge is 0.573 e. The molecule has 42 heavy (non-hydrogen) atoms. The summed E-state index contributed by atoms with van der Waals surface area (Å²) in [5, 5.41) is 3.38. The predicted molar refractivity (Wildman–Crippen MR) is 168 cm³/mol. The number of anilines is 1. The lowest BCUT2D eigenvalue weighted by atomic mass is 10.1. The lowest BCUT2D eigenvalue weighted by Gasteiger charge is -2.30. The molecule has 1 aromatic heterocycles. The van der Waals surface area contributed by atoms with E-state index in [1.165, 1.54) is 36.9 Å². The Morgan fingerprint density at radius 1 is 1.07 bits per heavy atom. The average Bonchev–Trinajstić information content (AvgIpc) is 2.92. The summed E-state index contributed by atoms with van der Waals surface area (Å²) in [6, 6.07) is 10.6. The monoisotopic (exact) mass is 589 g/mol. The van der Waals surface area contributed by atoms with Crippen LogP contribution in [-0.2, 0) is 11.2 Å². The second-order valence-corrected chi connectivity index (χ2v) is 10.2. The number of nitrogens with zero attached hydrogens (tertiary/aromatic N) is 4. The number of pyridine rings is 1. The van der Waals surface area contributed by atoms with E-state index in [1.807, 2.05) is 20.0 Å². The summed E-state index contributed by atoms with van der Waals surface area (Å²) < 4.78 is 45.5. The van der Waals surface area contributed by atoms with E-state index in [2.05, 4.69) is 83.3 Å². The minimum atomic E-state index is -4.73. The highest BCUT2D eigenvalue weighted by Crippen LogP contribution is 2.25. The highest BCUT2D eigenvalue weighted by molar-refractivity contribution is 6.44. The smallest absolute Gasteiger partial charge is 0.479 e. The van der Waals surface area contributed by atoms with Gasteiger partial charge in [-0.15, -0.1) is 13.2 Å². The summed E-state index contributed by atoms with van der Waals surface area (Å²) in [5.74, 6) is 0.925. The molecule has 1 N–H and O–H groups in total. The van der Waals surface area contributed by atoms with Gasteiger partial charge in [0.05, 0.1) is 12.8 Å². The average molecular weight is 590 g/mol. The quantitative estimate of drug-likeness (QED) is 0.202. The van der Waals surface area contributed by atoms with Gasteiger partial charge in [-0.25, -0.2) is 9.98 Å². The number of halogens is 3. The fourth-order valence-corrected chi connectivity index (χ4v) is 3.90. The zero-order valence-corrected chi connectivity index (χ0v) is 26.3. The van der Waals surface area contributed by atoms with Gasteiger partial charge in [0.1, 0.15) is 17.3 Å². The van der Waals surface area contributed by atoms with Crippen molar-refractivity contribution in [2.45, 2.75) is 73.3 Å². The van der Waals surface area contributed by atoms with E-state index in [4.69, 9.17) is 4.74 Å². The third-order valence-corrected chi connectivity index (χ3v) is 5.97. The Labute approximate surface area is 249 Å². The van der Waals surface area contributed by atoms with Gasteiger partial charge in [-0.1, -0.05) is 25.1 Å². The first-order valence-corrected chi connectivity index (χ1v) is 13.9. The van der Waals surface area contributed by atoms with E-state index in [0.717, 1.165) is 30.9 Å². The maximum absolute atomic E-state index is 12.2. The lowest BCUT2D eigenvalue weighted by molar-refractivity contribution is -0.274. The van der Waals surface area contributed by atoms with Crippen LogP contribution < -0.4 is 10.1 Å².